The molecular weight excluding hydrogens is 591 g/mol. The number of hydrogen-bond donors (Lipinski definition) is 2. The van der Waals surface area contributed by atoms with Crippen LogP contribution in [-0.4, -0.2) is 47.1 Å². The van der Waals surface area contributed by atoms with Gasteiger partial charge in [-0.25, -0.2) is 32.3 Å². The van der Waals surface area contributed by atoms with E-state index in [1.54, 1.807) is 33.0 Å². The number of aromatic nitrogens is 6. The number of nitrogens with one attached hydrogen (secondary N) is 2. The molecular formula is C26H31F3N8O3P2. The van der Waals surface area contributed by atoms with E-state index in [9.17, 15) is 27.6 Å². The molecule has 42 heavy (non-hydrogen) atoms. The highest BCUT2D eigenvalue weighted by atomic mass is 31.0. The second-order valence-electron chi connectivity index (χ2n) is 9.78. The Bertz CT molecular complexity index is 1670. The van der Waals surface area contributed by atoms with Gasteiger partial charge in [0.1, 0.15) is 12.2 Å². The molecule has 2 aromatic rings. The first-order valence-electron chi connectivity index (χ1n) is 13.1. The fourth-order valence-corrected chi connectivity index (χ4v) is 5.14. The van der Waals surface area contributed by atoms with Crippen molar-refractivity contribution in [2.75, 3.05) is 5.32 Å². The fourth-order valence-electron chi connectivity index (χ4n) is 4.50. The van der Waals surface area contributed by atoms with Crippen LogP contribution < -0.4 is 22.0 Å². The minimum atomic E-state index is -2.64. The Balaban J connectivity index is 1.72. The molecule has 11 nitrogen and oxygen atoms in total. The SMILES string of the molecule is C/C=C1/C=C(Nc2nc(=O)n(Cc3ncn(C)n3)c(=O)n2CC2C=C(P)C(P)=C(F)C2)C(=O)C=C1NC(CC)C(F)F. The summed E-state index contributed by atoms with van der Waals surface area (Å²) in [6.45, 7) is 2.96. The van der Waals surface area contributed by atoms with E-state index in [4.69, 9.17) is 0 Å². The number of ketones is 1. The summed E-state index contributed by atoms with van der Waals surface area (Å²) in [4.78, 5) is 47.9. The monoisotopic (exact) mass is 622 g/mol. The fraction of sp³-hybridized carbons (Fsp3) is 0.385. The molecule has 2 aliphatic carbocycles. The zero-order valence-corrected chi connectivity index (χ0v) is 25.5. The average Bonchev–Trinajstić information content (AvgIpc) is 3.35. The molecule has 0 aliphatic heterocycles. The van der Waals surface area contributed by atoms with E-state index in [1.165, 1.54) is 23.2 Å². The van der Waals surface area contributed by atoms with Crippen molar-refractivity contribution in [3.05, 3.63) is 90.8 Å². The van der Waals surface area contributed by atoms with Crippen LogP contribution in [0.1, 0.15) is 32.5 Å². The van der Waals surface area contributed by atoms with Gasteiger partial charge in [0.15, 0.2) is 5.82 Å². The quantitative estimate of drug-likeness (QED) is 0.388. The van der Waals surface area contributed by atoms with E-state index in [0.29, 0.717) is 16.2 Å². The summed E-state index contributed by atoms with van der Waals surface area (Å²) in [6.07, 6.45) is 4.94. The maximum Gasteiger partial charge on any atom is 0.355 e. The van der Waals surface area contributed by atoms with Crippen LogP contribution in [-0.2, 0) is 24.9 Å². The highest BCUT2D eigenvalue weighted by Gasteiger charge is 2.26. The van der Waals surface area contributed by atoms with Crippen LogP contribution in [0.3, 0.4) is 0 Å². The van der Waals surface area contributed by atoms with Crippen LogP contribution in [0, 0.1) is 5.92 Å². The van der Waals surface area contributed by atoms with Crippen LogP contribution in [0.2, 0.25) is 0 Å². The molecule has 0 saturated heterocycles. The van der Waals surface area contributed by atoms with Crippen LogP contribution in [0.15, 0.2) is 73.6 Å². The van der Waals surface area contributed by atoms with Gasteiger partial charge < -0.3 is 10.6 Å². The van der Waals surface area contributed by atoms with Gasteiger partial charge in [-0.3, -0.25) is 14.0 Å². The van der Waals surface area contributed by atoms with E-state index in [0.717, 1.165) is 9.13 Å². The molecule has 224 valence electrons. The van der Waals surface area contributed by atoms with Crippen LogP contribution in [0.5, 0.6) is 0 Å². The van der Waals surface area contributed by atoms with Crippen LogP contribution in [0.25, 0.3) is 0 Å². The summed E-state index contributed by atoms with van der Waals surface area (Å²) < 4.78 is 44.8. The normalized spacial score (nSPS) is 19.2. The minimum Gasteiger partial charge on any atom is -0.376 e. The van der Waals surface area contributed by atoms with E-state index in [1.807, 2.05) is 0 Å². The van der Waals surface area contributed by atoms with Crippen LogP contribution >= 0.6 is 18.5 Å². The topological polar surface area (TPSA) is 129 Å². The van der Waals surface area contributed by atoms with Gasteiger partial charge in [0.05, 0.1) is 18.3 Å². The number of halogens is 3. The predicted octanol–water partition coefficient (Wildman–Crippen LogP) is 2.76. The standard InChI is InChI=1S/C26H31F3N8O3P2/c1-4-14-8-18(19(38)9-17(14)31-16(5-2)23(28)29)32-24-33-25(39)37(11-21-30-12-35(3)34-21)26(40)36(24)10-13-6-15(27)22(42)20(41)7-13/h4,7-9,12-13,16,23,31H,5-6,10-11,41-42H2,1-3H3,(H,32,33,39)/b14-4-. The van der Waals surface area contributed by atoms with Gasteiger partial charge in [-0.2, -0.15) is 10.1 Å². The smallest absolute Gasteiger partial charge is 0.355 e. The van der Waals surface area contributed by atoms with Crippen LogP contribution in [0.4, 0.5) is 19.1 Å². The van der Waals surface area contributed by atoms with Crippen molar-refractivity contribution in [1.29, 1.82) is 0 Å². The van der Waals surface area contributed by atoms with E-state index in [-0.39, 0.29) is 54.9 Å². The third kappa shape index (κ3) is 6.87. The molecule has 2 aliphatic rings. The molecule has 0 aromatic carbocycles. The number of alkyl halides is 2. The maximum absolute atomic E-state index is 14.6. The zero-order chi connectivity index (χ0) is 30.7. The molecule has 2 N–H and O–H groups in total. The van der Waals surface area contributed by atoms with Gasteiger partial charge in [-0.1, -0.05) is 19.1 Å². The molecule has 0 radical (unpaired) electrons. The first kappa shape index (κ1) is 31.3. The number of nitrogens with zero attached hydrogens (tertiary/aromatic N) is 6. The highest BCUT2D eigenvalue weighted by molar-refractivity contribution is 7.30. The number of carbonyl (C=O) groups excluding carboxylic acids is 1. The Kier molecular flexibility index (Phi) is 9.78. The summed E-state index contributed by atoms with van der Waals surface area (Å²) in [5, 5.41) is 10.6. The zero-order valence-electron chi connectivity index (χ0n) is 23.1. The maximum atomic E-state index is 14.6. The second-order valence-corrected chi connectivity index (χ2v) is 11.0. The van der Waals surface area contributed by atoms with Crippen molar-refractivity contribution in [2.24, 2.45) is 13.0 Å². The third-order valence-electron chi connectivity index (χ3n) is 6.77. The number of allylic oxidation sites excluding steroid dienone is 7. The molecule has 0 spiro atoms. The molecule has 0 amide bonds. The number of rotatable bonds is 10. The largest absolute Gasteiger partial charge is 0.376 e. The van der Waals surface area contributed by atoms with Gasteiger partial charge >= 0.3 is 11.4 Å². The van der Waals surface area contributed by atoms with Crippen molar-refractivity contribution >= 4 is 30.2 Å². The Morgan fingerprint density at radius 3 is 2.50 bits per heavy atom. The molecule has 16 heteroatoms. The Labute approximate surface area is 243 Å². The molecule has 0 bridgehead atoms. The lowest BCUT2D eigenvalue weighted by molar-refractivity contribution is -0.111. The van der Waals surface area contributed by atoms with Crippen molar-refractivity contribution in [3.8, 4) is 0 Å². The second kappa shape index (κ2) is 13.1. The first-order chi connectivity index (χ1) is 19.9. The summed E-state index contributed by atoms with van der Waals surface area (Å²) in [6, 6.07) is -1.16. The Hall–Kier alpha value is -3.63. The van der Waals surface area contributed by atoms with Crippen molar-refractivity contribution in [2.45, 2.75) is 52.2 Å². The number of carbonyl (C=O) groups is 1. The molecule has 4 atom stereocenters. The van der Waals surface area contributed by atoms with Gasteiger partial charge in [-0.05, 0) is 30.3 Å². The van der Waals surface area contributed by atoms with Crippen molar-refractivity contribution in [1.82, 2.24) is 34.2 Å². The molecule has 0 saturated carbocycles. The molecule has 4 rings (SSSR count). The summed E-state index contributed by atoms with van der Waals surface area (Å²) >= 11 is 0. The number of hydrogen-bond acceptors (Lipinski definition) is 8. The van der Waals surface area contributed by atoms with Gasteiger partial charge in [0.25, 0.3) is 6.43 Å². The highest BCUT2D eigenvalue weighted by Crippen LogP contribution is 2.37. The summed E-state index contributed by atoms with van der Waals surface area (Å²) in [5.74, 6) is -1.44. The first-order valence-corrected chi connectivity index (χ1v) is 14.2. The van der Waals surface area contributed by atoms with Gasteiger partial charge in [0.2, 0.25) is 11.7 Å². The van der Waals surface area contributed by atoms with Gasteiger partial charge in [-0.15, -0.1) is 18.5 Å². The number of anilines is 1. The van der Waals surface area contributed by atoms with E-state index >= 15 is 0 Å². The van der Waals surface area contributed by atoms with E-state index < -0.39 is 35.5 Å². The molecule has 0 fully saturated rings. The lowest BCUT2D eigenvalue weighted by Crippen LogP contribution is -2.44. The number of aryl methyl sites for hydroxylation is 1. The minimum absolute atomic E-state index is 0.00832. The van der Waals surface area contributed by atoms with E-state index in [2.05, 4.69) is 44.2 Å². The van der Waals surface area contributed by atoms with Gasteiger partial charge in [0, 0.05) is 43.0 Å². The predicted molar refractivity (Wildman–Crippen MR) is 158 cm³/mol. The molecule has 2 aromatic heterocycles. The van der Waals surface area contributed by atoms with Crippen molar-refractivity contribution in [3.63, 3.8) is 0 Å². The third-order valence-corrected chi connectivity index (χ3v) is 8.25. The summed E-state index contributed by atoms with van der Waals surface area (Å²) in [5.41, 5.74) is -1.04. The van der Waals surface area contributed by atoms with Crippen molar-refractivity contribution < 1.29 is 18.0 Å². The molecule has 2 heterocycles. The Morgan fingerprint density at radius 1 is 1.17 bits per heavy atom. The summed E-state index contributed by atoms with van der Waals surface area (Å²) in [7, 11) is 6.43. The molecule has 4 unspecified atom stereocenters. The average molecular weight is 623 g/mol. The lowest BCUT2D eigenvalue weighted by atomic mass is 9.99. The lowest BCUT2D eigenvalue weighted by Gasteiger charge is -2.25. The Morgan fingerprint density at radius 2 is 1.90 bits per heavy atom.